The van der Waals surface area contributed by atoms with Crippen LogP contribution >= 0.6 is 0 Å². The van der Waals surface area contributed by atoms with Gasteiger partial charge in [0.2, 0.25) is 0 Å². The van der Waals surface area contributed by atoms with Crippen molar-refractivity contribution in [1.82, 2.24) is 15.0 Å². The van der Waals surface area contributed by atoms with E-state index in [-0.39, 0.29) is 41.3 Å². The van der Waals surface area contributed by atoms with E-state index in [1.54, 1.807) is 24.4 Å². The lowest BCUT2D eigenvalue weighted by atomic mass is 9.93. The summed E-state index contributed by atoms with van der Waals surface area (Å²) in [7, 11) is -3.00. The molecule has 3 heterocycles. The molecule has 0 aliphatic carbocycles. The van der Waals surface area contributed by atoms with E-state index in [1.807, 2.05) is 12.3 Å². The molecule has 0 amide bonds. The van der Waals surface area contributed by atoms with Crippen LogP contribution in [0.15, 0.2) is 54.9 Å². The van der Waals surface area contributed by atoms with Crippen LogP contribution in [-0.2, 0) is 16.4 Å². The quantitative estimate of drug-likeness (QED) is 0.267. The number of carbonyl (C=O) groups is 1. The standard InChI is InChI=1S/C29H31N5O5S/c1-18(2)20-7-8-24(34-13-19(14-34)17-40(3,37)38)22-12-31-28(11-21(20)22)32-27-9-10-30-29(33-27)16-39-26-6-4-5-25(36)23(26)15-35/h4-12,15,18-19,36H,13-14,16-17H2,1-3H3,(H,30,31,32,33). The molecule has 40 heavy (non-hydrogen) atoms. The zero-order chi connectivity index (χ0) is 28.4. The minimum absolute atomic E-state index is 0.00196. The van der Waals surface area contributed by atoms with E-state index in [4.69, 9.17) is 4.74 Å². The van der Waals surface area contributed by atoms with Gasteiger partial charge in [-0.05, 0) is 47.2 Å². The topological polar surface area (TPSA) is 135 Å². The Kier molecular flexibility index (Phi) is 7.57. The molecule has 1 saturated heterocycles. The van der Waals surface area contributed by atoms with Gasteiger partial charge in [0.25, 0.3) is 0 Å². The van der Waals surface area contributed by atoms with E-state index in [9.17, 15) is 18.3 Å². The molecule has 208 valence electrons. The van der Waals surface area contributed by atoms with Crippen molar-refractivity contribution in [3.8, 4) is 11.5 Å². The highest BCUT2D eigenvalue weighted by atomic mass is 32.2. The number of phenols is 1. The molecular weight excluding hydrogens is 530 g/mol. The summed E-state index contributed by atoms with van der Waals surface area (Å²) < 4.78 is 29.1. The second-order valence-electron chi connectivity index (χ2n) is 10.4. The second-order valence-corrected chi connectivity index (χ2v) is 12.6. The van der Waals surface area contributed by atoms with Crippen LogP contribution in [0, 0.1) is 5.92 Å². The Morgan fingerprint density at radius 3 is 2.65 bits per heavy atom. The molecule has 10 nitrogen and oxygen atoms in total. The molecule has 1 aliphatic heterocycles. The Balaban J connectivity index is 1.35. The third kappa shape index (κ3) is 5.99. The van der Waals surface area contributed by atoms with Crippen molar-refractivity contribution in [2.24, 2.45) is 5.92 Å². The van der Waals surface area contributed by atoms with E-state index < -0.39 is 9.84 Å². The summed E-state index contributed by atoms with van der Waals surface area (Å²) in [5, 5.41) is 15.2. The first-order valence-electron chi connectivity index (χ1n) is 13.0. The number of aromatic hydroxyl groups is 1. The highest BCUT2D eigenvalue weighted by molar-refractivity contribution is 7.90. The SMILES string of the molecule is CC(C)c1ccc(N2CC(CS(C)(=O)=O)C2)c2cnc(Nc3ccnc(COc4cccc(O)c4C=O)n3)cc12. The smallest absolute Gasteiger partial charge is 0.168 e. The molecular formula is C29H31N5O5S. The summed E-state index contributed by atoms with van der Waals surface area (Å²) in [6.07, 6.45) is 5.28. The molecule has 5 rings (SSSR count). The molecule has 11 heteroatoms. The first-order valence-corrected chi connectivity index (χ1v) is 15.0. The molecule has 1 fully saturated rings. The van der Waals surface area contributed by atoms with Crippen LogP contribution in [0.4, 0.5) is 17.3 Å². The molecule has 2 N–H and O–H groups in total. The Hall–Kier alpha value is -4.25. The van der Waals surface area contributed by atoms with E-state index in [1.165, 1.54) is 17.9 Å². The number of pyridine rings is 1. The van der Waals surface area contributed by atoms with Gasteiger partial charge in [0.15, 0.2) is 12.1 Å². The number of benzene rings is 2. The number of rotatable bonds is 10. The number of fused-ring (bicyclic) bond motifs is 1. The van der Waals surface area contributed by atoms with Gasteiger partial charge in [0.05, 0.1) is 11.3 Å². The molecule has 0 unspecified atom stereocenters. The number of ether oxygens (including phenoxy) is 1. The second kappa shape index (κ2) is 11.1. The van der Waals surface area contributed by atoms with Crippen LogP contribution in [-0.4, -0.2) is 59.9 Å². The van der Waals surface area contributed by atoms with E-state index in [2.05, 4.69) is 51.1 Å². The van der Waals surface area contributed by atoms with Crippen LogP contribution in [0.1, 0.15) is 41.5 Å². The van der Waals surface area contributed by atoms with Crippen molar-refractivity contribution in [2.75, 3.05) is 35.3 Å². The molecule has 0 saturated carbocycles. The molecule has 0 bridgehead atoms. The maximum Gasteiger partial charge on any atom is 0.168 e. The minimum atomic E-state index is -3.00. The number of sulfone groups is 1. The van der Waals surface area contributed by atoms with Gasteiger partial charge in [0, 0.05) is 48.7 Å². The summed E-state index contributed by atoms with van der Waals surface area (Å²) in [5.74, 6) is 2.25. The highest BCUT2D eigenvalue weighted by Gasteiger charge is 2.31. The van der Waals surface area contributed by atoms with Crippen LogP contribution < -0.4 is 15.0 Å². The monoisotopic (exact) mass is 561 g/mol. The van der Waals surface area contributed by atoms with Gasteiger partial charge in [-0.25, -0.2) is 23.4 Å². The van der Waals surface area contributed by atoms with Gasteiger partial charge >= 0.3 is 0 Å². The van der Waals surface area contributed by atoms with Gasteiger partial charge in [-0.15, -0.1) is 0 Å². The number of hydrogen-bond acceptors (Lipinski definition) is 10. The van der Waals surface area contributed by atoms with E-state index >= 15 is 0 Å². The van der Waals surface area contributed by atoms with Crippen LogP contribution in [0.25, 0.3) is 10.8 Å². The van der Waals surface area contributed by atoms with Crippen molar-refractivity contribution in [1.29, 1.82) is 0 Å². The Morgan fingerprint density at radius 2 is 1.93 bits per heavy atom. The fraction of sp³-hybridized carbons (Fsp3) is 0.310. The van der Waals surface area contributed by atoms with Gasteiger partial charge in [-0.1, -0.05) is 26.0 Å². The number of phenolic OH excluding ortho intramolecular Hbond substituents is 1. The first-order chi connectivity index (χ1) is 19.1. The number of aromatic nitrogens is 3. The lowest BCUT2D eigenvalue weighted by molar-refractivity contribution is 0.111. The van der Waals surface area contributed by atoms with Crippen molar-refractivity contribution < 1.29 is 23.1 Å². The third-order valence-electron chi connectivity index (χ3n) is 6.85. The molecule has 2 aromatic carbocycles. The van der Waals surface area contributed by atoms with Gasteiger partial charge in [-0.2, -0.15) is 0 Å². The average molecular weight is 562 g/mol. The minimum Gasteiger partial charge on any atom is -0.507 e. The van der Waals surface area contributed by atoms with E-state index in [0.29, 0.717) is 36.8 Å². The van der Waals surface area contributed by atoms with Crippen molar-refractivity contribution in [3.05, 3.63) is 71.8 Å². The van der Waals surface area contributed by atoms with Crippen LogP contribution in [0.5, 0.6) is 11.5 Å². The number of carbonyl (C=O) groups excluding carboxylic acids is 1. The Morgan fingerprint density at radius 1 is 1.12 bits per heavy atom. The summed E-state index contributed by atoms with van der Waals surface area (Å²) in [4.78, 5) is 26.9. The first kappa shape index (κ1) is 27.3. The maximum absolute atomic E-state index is 11.7. The van der Waals surface area contributed by atoms with Crippen LogP contribution in [0.3, 0.4) is 0 Å². The Bertz CT molecular complexity index is 1670. The number of nitrogens with one attached hydrogen (secondary N) is 1. The van der Waals surface area contributed by atoms with Crippen molar-refractivity contribution in [3.63, 3.8) is 0 Å². The molecule has 1 aliphatic rings. The summed E-state index contributed by atoms with van der Waals surface area (Å²) in [6, 6.07) is 12.6. The third-order valence-corrected chi connectivity index (χ3v) is 7.93. The number of nitrogens with zero attached hydrogens (tertiary/aromatic N) is 4. The fourth-order valence-corrected chi connectivity index (χ4v) is 6.05. The highest BCUT2D eigenvalue weighted by Crippen LogP contribution is 2.37. The van der Waals surface area contributed by atoms with Gasteiger partial charge < -0.3 is 20.1 Å². The Labute approximate surface area is 233 Å². The van der Waals surface area contributed by atoms with Crippen LogP contribution in [0.2, 0.25) is 0 Å². The number of hydrogen-bond donors (Lipinski definition) is 2. The molecule has 4 aromatic rings. The maximum atomic E-state index is 11.7. The molecule has 0 atom stereocenters. The van der Waals surface area contributed by atoms with Gasteiger partial charge in [-0.3, -0.25) is 4.79 Å². The molecule has 0 spiro atoms. The largest absolute Gasteiger partial charge is 0.507 e. The normalized spacial score (nSPS) is 13.8. The van der Waals surface area contributed by atoms with E-state index in [0.717, 1.165) is 16.5 Å². The predicted octanol–water partition coefficient (Wildman–Crippen LogP) is 4.47. The zero-order valence-electron chi connectivity index (χ0n) is 22.5. The lowest BCUT2D eigenvalue weighted by Gasteiger charge is -2.41. The van der Waals surface area contributed by atoms with Crippen molar-refractivity contribution in [2.45, 2.75) is 26.4 Å². The lowest BCUT2D eigenvalue weighted by Crippen LogP contribution is -2.49. The number of aldehydes is 1. The zero-order valence-corrected chi connectivity index (χ0v) is 23.4. The summed E-state index contributed by atoms with van der Waals surface area (Å²) >= 11 is 0. The van der Waals surface area contributed by atoms with Crippen molar-refractivity contribution >= 4 is 44.2 Å². The number of anilines is 3. The predicted molar refractivity (Wildman–Crippen MR) is 154 cm³/mol. The molecule has 2 aromatic heterocycles. The summed E-state index contributed by atoms with van der Waals surface area (Å²) in [6.45, 7) is 5.69. The summed E-state index contributed by atoms with van der Waals surface area (Å²) in [5.41, 5.74) is 2.30. The fourth-order valence-electron chi connectivity index (χ4n) is 4.98. The average Bonchev–Trinajstić information content (AvgIpc) is 2.88. The molecule has 0 radical (unpaired) electrons. The van der Waals surface area contributed by atoms with Gasteiger partial charge in [0.1, 0.15) is 39.6 Å².